The Labute approximate surface area is 267 Å². The maximum absolute atomic E-state index is 2.48. The van der Waals surface area contributed by atoms with E-state index in [2.05, 4.69) is 168 Å². The minimum atomic E-state index is 1.02. The summed E-state index contributed by atoms with van der Waals surface area (Å²) in [4.78, 5) is 0. The maximum Gasteiger partial charge on any atom is 0.0619 e. The van der Waals surface area contributed by atoms with Gasteiger partial charge in [-0.05, 0) is 79.9 Å². The van der Waals surface area contributed by atoms with Crippen LogP contribution in [0.5, 0.6) is 0 Å². The van der Waals surface area contributed by atoms with Gasteiger partial charge in [0.15, 0.2) is 0 Å². The zero-order valence-corrected chi connectivity index (χ0v) is 25.2. The molecule has 0 N–H and O–H groups in total. The van der Waals surface area contributed by atoms with Gasteiger partial charge in [-0.3, -0.25) is 0 Å². The first-order valence-electron chi connectivity index (χ1n) is 16.1. The van der Waals surface area contributed by atoms with Crippen molar-refractivity contribution in [2.75, 3.05) is 0 Å². The Bertz CT molecular complexity index is 2540. The Hall–Kier alpha value is -5.92. The van der Waals surface area contributed by atoms with Crippen LogP contribution in [0.15, 0.2) is 164 Å². The minimum absolute atomic E-state index is 1.02. The van der Waals surface area contributed by atoms with E-state index in [0.717, 1.165) is 6.42 Å². The van der Waals surface area contributed by atoms with Crippen molar-refractivity contribution in [2.24, 2.45) is 0 Å². The van der Waals surface area contributed by atoms with E-state index < -0.39 is 0 Å². The van der Waals surface area contributed by atoms with Gasteiger partial charge in [0.2, 0.25) is 0 Å². The highest BCUT2D eigenvalue weighted by atomic mass is 15.0. The van der Waals surface area contributed by atoms with E-state index in [-0.39, 0.29) is 0 Å². The van der Waals surface area contributed by atoms with Crippen molar-refractivity contribution in [3.05, 3.63) is 175 Å². The number of nitrogens with zero attached hydrogens (tertiary/aromatic N) is 1. The van der Waals surface area contributed by atoms with Gasteiger partial charge in [-0.25, -0.2) is 0 Å². The van der Waals surface area contributed by atoms with Gasteiger partial charge in [0, 0.05) is 21.5 Å². The molecule has 0 spiro atoms. The molecule has 1 aliphatic carbocycles. The van der Waals surface area contributed by atoms with Crippen LogP contribution in [0, 0.1) is 0 Å². The second kappa shape index (κ2) is 9.79. The number of hydrogen-bond donors (Lipinski definition) is 0. The van der Waals surface area contributed by atoms with Crippen molar-refractivity contribution in [3.63, 3.8) is 0 Å². The van der Waals surface area contributed by atoms with Crippen LogP contribution < -0.4 is 0 Å². The molecule has 1 aromatic heterocycles. The molecule has 9 aromatic rings. The van der Waals surface area contributed by atoms with Gasteiger partial charge in [0.1, 0.15) is 0 Å². The largest absolute Gasteiger partial charge is 0.308 e. The molecule has 1 heteroatoms. The summed E-state index contributed by atoms with van der Waals surface area (Å²) in [5, 5.41) is 7.59. The number of aromatic nitrogens is 1. The molecule has 0 atom stereocenters. The smallest absolute Gasteiger partial charge is 0.0619 e. The zero-order chi connectivity index (χ0) is 30.2. The summed E-state index contributed by atoms with van der Waals surface area (Å²) in [5.74, 6) is 0. The summed E-state index contributed by atoms with van der Waals surface area (Å²) in [6, 6.07) is 60.4. The fourth-order valence-electron chi connectivity index (χ4n) is 7.95. The molecule has 1 heterocycles. The molecule has 0 aliphatic heterocycles. The van der Waals surface area contributed by atoms with E-state index in [1.54, 1.807) is 0 Å². The van der Waals surface area contributed by atoms with Crippen LogP contribution in [-0.4, -0.2) is 4.57 Å². The second-order valence-electron chi connectivity index (χ2n) is 12.5. The van der Waals surface area contributed by atoms with Crippen molar-refractivity contribution >= 4 is 43.4 Å². The number of fused-ring (bicyclic) bond motifs is 8. The third kappa shape index (κ3) is 3.63. The lowest BCUT2D eigenvalue weighted by atomic mass is 9.89. The molecule has 46 heavy (non-hydrogen) atoms. The Morgan fingerprint density at radius 2 is 0.826 bits per heavy atom. The molecule has 0 saturated carbocycles. The maximum atomic E-state index is 2.48. The molecule has 10 rings (SSSR count). The lowest BCUT2D eigenvalue weighted by Gasteiger charge is -2.19. The van der Waals surface area contributed by atoms with E-state index >= 15 is 0 Å². The molecular formula is C45H29N. The van der Waals surface area contributed by atoms with Gasteiger partial charge < -0.3 is 4.57 Å². The van der Waals surface area contributed by atoms with Crippen LogP contribution in [0.3, 0.4) is 0 Å². The summed E-state index contributed by atoms with van der Waals surface area (Å²) in [6.45, 7) is 0. The number of para-hydroxylation sites is 2. The normalized spacial score (nSPS) is 12.3. The van der Waals surface area contributed by atoms with Gasteiger partial charge in [-0.2, -0.15) is 0 Å². The van der Waals surface area contributed by atoms with E-state index in [9.17, 15) is 0 Å². The highest BCUT2D eigenvalue weighted by molar-refractivity contribution is 6.20. The summed E-state index contributed by atoms with van der Waals surface area (Å²) >= 11 is 0. The number of benzene rings is 8. The summed E-state index contributed by atoms with van der Waals surface area (Å²) in [6.07, 6.45) is 1.02. The van der Waals surface area contributed by atoms with Crippen LogP contribution in [0.4, 0.5) is 0 Å². The molecule has 0 unspecified atom stereocenters. The molecule has 0 fully saturated rings. The molecule has 0 radical (unpaired) electrons. The lowest BCUT2D eigenvalue weighted by Crippen LogP contribution is -1.99. The molecule has 214 valence electrons. The third-order valence-corrected chi connectivity index (χ3v) is 10.0. The van der Waals surface area contributed by atoms with E-state index in [4.69, 9.17) is 0 Å². The average Bonchev–Trinajstić information content (AvgIpc) is 3.66. The number of rotatable bonds is 3. The summed E-state index contributed by atoms with van der Waals surface area (Å²) in [7, 11) is 0. The highest BCUT2D eigenvalue weighted by Crippen LogP contribution is 2.44. The SMILES string of the molecule is c1ccc2c(c1)Cc1ccc(-c3ccc(-c4c5ccccc5c(-n5c6ccccc6c6ccccc65)c5ccccc45)cc3)cc1-2. The van der Waals surface area contributed by atoms with Gasteiger partial charge in [0.25, 0.3) is 0 Å². The van der Waals surface area contributed by atoms with Gasteiger partial charge in [-0.15, -0.1) is 0 Å². The lowest BCUT2D eigenvalue weighted by molar-refractivity contribution is 1.21. The molecule has 0 saturated heterocycles. The van der Waals surface area contributed by atoms with Crippen LogP contribution in [0.2, 0.25) is 0 Å². The van der Waals surface area contributed by atoms with Crippen molar-refractivity contribution in [3.8, 4) is 39.1 Å². The predicted octanol–water partition coefficient (Wildman–Crippen LogP) is 12.0. The van der Waals surface area contributed by atoms with Crippen LogP contribution >= 0.6 is 0 Å². The van der Waals surface area contributed by atoms with Gasteiger partial charge in [-0.1, -0.05) is 146 Å². The Balaban J connectivity index is 1.19. The Morgan fingerprint density at radius 3 is 1.48 bits per heavy atom. The molecule has 1 nitrogen and oxygen atoms in total. The molecule has 0 amide bonds. The van der Waals surface area contributed by atoms with E-state index in [0.29, 0.717) is 0 Å². The van der Waals surface area contributed by atoms with Gasteiger partial charge in [0.05, 0.1) is 16.7 Å². The van der Waals surface area contributed by atoms with Crippen molar-refractivity contribution in [2.45, 2.75) is 6.42 Å². The first-order chi connectivity index (χ1) is 22.8. The quantitative estimate of drug-likeness (QED) is 0.182. The Morgan fingerprint density at radius 1 is 0.348 bits per heavy atom. The molecule has 1 aliphatic rings. The minimum Gasteiger partial charge on any atom is -0.308 e. The topological polar surface area (TPSA) is 4.93 Å². The third-order valence-electron chi connectivity index (χ3n) is 10.0. The Kier molecular flexibility index (Phi) is 5.41. The van der Waals surface area contributed by atoms with Crippen molar-refractivity contribution in [1.82, 2.24) is 4.57 Å². The van der Waals surface area contributed by atoms with E-state index in [1.807, 2.05) is 0 Å². The molecule has 0 bridgehead atoms. The predicted molar refractivity (Wildman–Crippen MR) is 195 cm³/mol. The van der Waals surface area contributed by atoms with Gasteiger partial charge >= 0.3 is 0 Å². The first kappa shape index (κ1) is 25.4. The fraction of sp³-hybridized carbons (Fsp3) is 0.0222. The van der Waals surface area contributed by atoms with Crippen LogP contribution in [-0.2, 0) is 6.42 Å². The number of hydrogen-bond acceptors (Lipinski definition) is 0. The van der Waals surface area contributed by atoms with Crippen LogP contribution in [0.25, 0.3) is 82.4 Å². The monoisotopic (exact) mass is 583 g/mol. The second-order valence-corrected chi connectivity index (χ2v) is 12.5. The fourth-order valence-corrected chi connectivity index (χ4v) is 7.95. The molecular weight excluding hydrogens is 555 g/mol. The summed E-state index contributed by atoms with van der Waals surface area (Å²) < 4.78 is 2.48. The first-order valence-corrected chi connectivity index (χ1v) is 16.1. The molecule has 8 aromatic carbocycles. The zero-order valence-electron chi connectivity index (χ0n) is 25.2. The summed E-state index contributed by atoms with van der Waals surface area (Å²) in [5.41, 5.74) is 14.3. The highest BCUT2D eigenvalue weighted by Gasteiger charge is 2.21. The van der Waals surface area contributed by atoms with E-state index in [1.165, 1.54) is 93.5 Å². The average molecular weight is 584 g/mol. The van der Waals surface area contributed by atoms with Crippen molar-refractivity contribution in [1.29, 1.82) is 0 Å². The standard InChI is InChI=1S/C45H29N/c1-2-12-34-32(11-1)27-33-26-25-31(28-41(33)34)29-21-23-30(24-22-29)44-37-15-3-5-17-39(37)45(40-18-6-4-16-38(40)44)46-42-19-9-7-13-35(42)36-14-8-10-20-43(36)46/h1-26,28H,27H2. The van der Waals surface area contributed by atoms with Crippen LogP contribution in [0.1, 0.15) is 11.1 Å². The van der Waals surface area contributed by atoms with Crippen molar-refractivity contribution < 1.29 is 0 Å².